The summed E-state index contributed by atoms with van der Waals surface area (Å²) in [7, 11) is 0. The Kier molecular flexibility index (Phi) is 8.40. The number of aromatic nitrogens is 1. The van der Waals surface area contributed by atoms with Crippen LogP contribution in [-0.2, 0) is 4.79 Å². The van der Waals surface area contributed by atoms with Gasteiger partial charge in [0, 0.05) is 28.8 Å². The molecule has 2 aromatic rings. The summed E-state index contributed by atoms with van der Waals surface area (Å²) in [5.41, 5.74) is 7.85. The van der Waals surface area contributed by atoms with Gasteiger partial charge in [-0.2, -0.15) is 0 Å². The van der Waals surface area contributed by atoms with E-state index in [-0.39, 0.29) is 11.3 Å². The Bertz CT molecular complexity index is 1100. The Balaban J connectivity index is 1.66. The van der Waals surface area contributed by atoms with Crippen LogP contribution in [0.5, 0.6) is 0 Å². The van der Waals surface area contributed by atoms with Gasteiger partial charge in [0.05, 0.1) is 5.51 Å². The van der Waals surface area contributed by atoms with Gasteiger partial charge < -0.3 is 5.32 Å². The maximum absolute atomic E-state index is 12.1. The zero-order chi connectivity index (χ0) is 23.8. The molecule has 0 saturated heterocycles. The van der Waals surface area contributed by atoms with Crippen molar-refractivity contribution in [3.05, 3.63) is 106 Å². The van der Waals surface area contributed by atoms with Gasteiger partial charge >= 0.3 is 0 Å². The molecule has 0 radical (unpaired) electrons. The molecule has 33 heavy (non-hydrogen) atoms. The highest BCUT2D eigenvalue weighted by atomic mass is 32.1. The lowest BCUT2D eigenvalue weighted by Gasteiger charge is -2.37. The van der Waals surface area contributed by atoms with Crippen LogP contribution in [0.1, 0.15) is 58.3 Å². The third-order valence-corrected chi connectivity index (χ3v) is 7.05. The summed E-state index contributed by atoms with van der Waals surface area (Å²) < 4.78 is 0. The molecule has 1 heterocycles. The first-order valence-corrected chi connectivity index (χ1v) is 12.3. The molecular formula is C29H34N2OS. The fraction of sp³-hybridized carbons (Fsp3) is 0.310. The molecule has 1 aliphatic rings. The van der Waals surface area contributed by atoms with Crippen LogP contribution < -0.4 is 5.32 Å². The first-order chi connectivity index (χ1) is 15.8. The molecule has 3 rings (SSSR count). The van der Waals surface area contributed by atoms with Crippen molar-refractivity contribution in [1.29, 1.82) is 0 Å². The van der Waals surface area contributed by atoms with Gasteiger partial charge in [0.15, 0.2) is 0 Å². The van der Waals surface area contributed by atoms with Gasteiger partial charge in [-0.25, -0.2) is 0 Å². The lowest BCUT2D eigenvalue weighted by molar-refractivity contribution is -0.111. The summed E-state index contributed by atoms with van der Waals surface area (Å²) in [6.45, 7) is 11.0. The van der Waals surface area contributed by atoms with Crippen LogP contribution in [0.4, 0.5) is 5.69 Å². The topological polar surface area (TPSA) is 42.0 Å². The Hall–Kier alpha value is -2.98. The highest BCUT2D eigenvalue weighted by Gasteiger charge is 2.32. The van der Waals surface area contributed by atoms with Crippen molar-refractivity contribution < 1.29 is 4.79 Å². The van der Waals surface area contributed by atoms with Crippen molar-refractivity contribution in [2.24, 2.45) is 5.41 Å². The predicted molar refractivity (Wildman–Crippen MR) is 141 cm³/mol. The van der Waals surface area contributed by atoms with E-state index in [9.17, 15) is 4.79 Å². The molecule has 172 valence electrons. The monoisotopic (exact) mass is 458 g/mol. The van der Waals surface area contributed by atoms with E-state index >= 15 is 0 Å². The first kappa shape index (κ1) is 24.7. The summed E-state index contributed by atoms with van der Waals surface area (Å²) in [5.74, 6) is 0.352. The number of hydrogen-bond donors (Lipinski definition) is 1. The van der Waals surface area contributed by atoms with Crippen molar-refractivity contribution in [3.8, 4) is 0 Å². The second-order valence-electron chi connectivity index (χ2n) is 9.32. The maximum Gasteiger partial charge on any atom is 0.248 e. The number of rotatable bonds is 7. The minimum atomic E-state index is -0.124. The number of nitrogens with one attached hydrogen (secondary N) is 1. The molecule has 1 aromatic heterocycles. The van der Waals surface area contributed by atoms with Crippen LogP contribution in [-0.4, -0.2) is 10.9 Å². The number of nitrogens with zero attached hydrogens (tertiary/aromatic N) is 1. The quantitative estimate of drug-likeness (QED) is 0.337. The summed E-state index contributed by atoms with van der Waals surface area (Å²) >= 11 is 1.75. The van der Waals surface area contributed by atoms with Gasteiger partial charge in [0.25, 0.3) is 0 Å². The van der Waals surface area contributed by atoms with Crippen LogP contribution >= 0.6 is 11.3 Å². The third-order valence-electron chi connectivity index (χ3n) is 6.16. The summed E-state index contributed by atoms with van der Waals surface area (Å²) in [6, 6.07) is 9.48. The predicted octanol–water partition coefficient (Wildman–Crippen LogP) is 8.01. The van der Waals surface area contributed by atoms with Crippen molar-refractivity contribution in [2.75, 3.05) is 5.32 Å². The third kappa shape index (κ3) is 7.00. The van der Waals surface area contributed by atoms with Gasteiger partial charge in [-0.05, 0) is 62.3 Å². The van der Waals surface area contributed by atoms with Crippen LogP contribution in [0.25, 0.3) is 0 Å². The number of amides is 1. The average molecular weight is 459 g/mol. The van der Waals surface area contributed by atoms with E-state index < -0.39 is 0 Å². The smallest absolute Gasteiger partial charge is 0.248 e. The lowest BCUT2D eigenvalue weighted by atomic mass is 9.68. The summed E-state index contributed by atoms with van der Waals surface area (Å²) in [5, 5.41) is 2.87. The van der Waals surface area contributed by atoms with Crippen molar-refractivity contribution in [2.45, 2.75) is 53.4 Å². The molecule has 0 bridgehead atoms. The highest BCUT2D eigenvalue weighted by Crippen LogP contribution is 2.47. The Morgan fingerprint density at radius 2 is 1.91 bits per heavy atom. The SMILES string of the molecule is CC1=C(/C=C/C(C)=C/C=C/C(C)=C\C(=O)Nc2ccccc2)C(C)(C)CCC1c1cncs1. The molecule has 1 aromatic carbocycles. The molecule has 4 heteroatoms. The molecule has 0 aliphatic heterocycles. The number of allylic oxidation sites excluding steroid dienone is 9. The Morgan fingerprint density at radius 1 is 1.15 bits per heavy atom. The van der Waals surface area contributed by atoms with E-state index in [0.29, 0.717) is 5.92 Å². The number of anilines is 1. The second kappa shape index (κ2) is 11.2. The molecular weight excluding hydrogens is 424 g/mol. The Labute approximate surface area is 202 Å². The number of carbonyl (C=O) groups excluding carboxylic acids is 1. The van der Waals surface area contributed by atoms with Crippen LogP contribution in [0.15, 0.2) is 101 Å². The average Bonchev–Trinajstić information content (AvgIpc) is 3.28. The van der Waals surface area contributed by atoms with Crippen molar-refractivity contribution in [1.82, 2.24) is 4.98 Å². The lowest BCUT2D eigenvalue weighted by Crippen LogP contribution is -2.23. The fourth-order valence-corrected chi connectivity index (χ4v) is 5.09. The minimum absolute atomic E-state index is 0.124. The summed E-state index contributed by atoms with van der Waals surface area (Å²) in [6.07, 6.45) is 16.5. The van der Waals surface area contributed by atoms with E-state index in [4.69, 9.17) is 0 Å². The summed E-state index contributed by atoms with van der Waals surface area (Å²) in [4.78, 5) is 17.8. The number of thiazole rings is 1. The van der Waals surface area contributed by atoms with Gasteiger partial charge in [-0.15, -0.1) is 11.3 Å². The molecule has 1 amide bonds. The standard InChI is InChI=1S/C29H34N2OS/c1-21(10-9-11-22(2)18-28(32)31-24-12-7-6-8-13-24)14-15-26-23(3)25(16-17-29(26,4)5)27-19-30-20-33-27/h6-15,18-20,25H,16-17H2,1-5H3,(H,31,32)/b11-9+,15-14+,21-10+,22-18-. The van der Waals surface area contributed by atoms with E-state index in [1.165, 1.54) is 34.4 Å². The van der Waals surface area contributed by atoms with E-state index in [1.807, 2.05) is 61.1 Å². The molecule has 0 fully saturated rings. The number of hydrogen-bond acceptors (Lipinski definition) is 3. The highest BCUT2D eigenvalue weighted by molar-refractivity contribution is 7.09. The molecule has 1 N–H and O–H groups in total. The van der Waals surface area contributed by atoms with E-state index in [0.717, 1.165) is 11.3 Å². The van der Waals surface area contributed by atoms with Crippen LogP contribution in [0, 0.1) is 5.41 Å². The molecule has 1 atom stereocenters. The number of carbonyl (C=O) groups is 1. The van der Waals surface area contributed by atoms with Gasteiger partial charge in [0.1, 0.15) is 0 Å². The maximum atomic E-state index is 12.1. The number of benzene rings is 1. The van der Waals surface area contributed by atoms with E-state index in [1.54, 1.807) is 17.4 Å². The molecule has 3 nitrogen and oxygen atoms in total. The normalized spacial score (nSPS) is 19.5. The molecule has 0 saturated carbocycles. The zero-order valence-electron chi connectivity index (χ0n) is 20.3. The van der Waals surface area contributed by atoms with E-state index in [2.05, 4.69) is 56.2 Å². The second-order valence-corrected chi connectivity index (χ2v) is 10.2. The molecule has 1 aliphatic carbocycles. The van der Waals surface area contributed by atoms with Gasteiger partial charge in [0.2, 0.25) is 5.91 Å². The van der Waals surface area contributed by atoms with Crippen molar-refractivity contribution in [3.63, 3.8) is 0 Å². The molecule has 0 spiro atoms. The van der Waals surface area contributed by atoms with Crippen molar-refractivity contribution >= 4 is 22.9 Å². The van der Waals surface area contributed by atoms with Crippen LogP contribution in [0.3, 0.4) is 0 Å². The Morgan fingerprint density at radius 3 is 2.61 bits per heavy atom. The first-order valence-electron chi connectivity index (χ1n) is 11.4. The zero-order valence-corrected chi connectivity index (χ0v) is 21.1. The fourth-order valence-electron chi connectivity index (χ4n) is 4.26. The van der Waals surface area contributed by atoms with Gasteiger partial charge in [-0.3, -0.25) is 9.78 Å². The minimum Gasteiger partial charge on any atom is -0.323 e. The molecule has 1 unspecified atom stereocenters. The van der Waals surface area contributed by atoms with Crippen LogP contribution in [0.2, 0.25) is 0 Å². The number of para-hydroxylation sites is 1. The van der Waals surface area contributed by atoms with Gasteiger partial charge in [-0.1, -0.05) is 73.6 Å². The largest absolute Gasteiger partial charge is 0.323 e.